The van der Waals surface area contributed by atoms with Crippen molar-refractivity contribution >= 4 is 35.2 Å². The van der Waals surface area contributed by atoms with Gasteiger partial charge in [0.25, 0.3) is 0 Å². The van der Waals surface area contributed by atoms with E-state index in [9.17, 15) is 0 Å². The highest BCUT2D eigenvalue weighted by atomic mass is 35.5. The lowest BCUT2D eigenvalue weighted by atomic mass is 9.94. The van der Waals surface area contributed by atoms with E-state index in [0.29, 0.717) is 5.15 Å². The Morgan fingerprint density at radius 2 is 2.10 bits per heavy atom. The highest BCUT2D eigenvalue weighted by molar-refractivity contribution is 7.73. The Bertz CT molecular complexity index is 771. The van der Waals surface area contributed by atoms with Crippen molar-refractivity contribution in [3.8, 4) is 10.6 Å². The summed E-state index contributed by atoms with van der Waals surface area (Å²) in [5, 5.41) is 0.510. The highest BCUT2D eigenvalue weighted by Gasteiger charge is 2.25. The first-order valence-electron chi connectivity index (χ1n) is 6.22. The minimum absolute atomic E-state index is 0.222. The van der Waals surface area contributed by atoms with Crippen LogP contribution in [0.2, 0.25) is 5.15 Å². The highest BCUT2D eigenvalue weighted by Crippen LogP contribution is 2.35. The van der Waals surface area contributed by atoms with Gasteiger partial charge in [0, 0.05) is 12.4 Å². The number of nitrogens with zero attached hydrogens (tertiary/aromatic N) is 2. The molecule has 0 radical (unpaired) electrons. The van der Waals surface area contributed by atoms with Crippen LogP contribution in [-0.4, -0.2) is 9.55 Å². The van der Waals surface area contributed by atoms with Crippen LogP contribution in [0.15, 0.2) is 42.7 Å². The molecule has 0 aliphatic carbocycles. The Morgan fingerprint density at radius 1 is 1.30 bits per heavy atom. The molecule has 2 aliphatic heterocycles. The first-order valence-corrected chi connectivity index (χ1v) is 7.82. The van der Waals surface area contributed by atoms with Gasteiger partial charge in [0.15, 0.2) is 0 Å². The van der Waals surface area contributed by atoms with Crippen LogP contribution in [0.25, 0.3) is 10.6 Å². The van der Waals surface area contributed by atoms with Gasteiger partial charge in [0.1, 0.15) is 5.15 Å². The molecule has 0 bridgehead atoms. The lowest BCUT2D eigenvalue weighted by Gasteiger charge is -2.31. The van der Waals surface area contributed by atoms with Gasteiger partial charge >= 0.3 is 0 Å². The van der Waals surface area contributed by atoms with Crippen LogP contribution in [0, 0.1) is 3.82 Å². The standard InChI is InChI=1S/C15H13ClN2S2/c1-15(2,10-5-6-13(16)17-9-10)18-7-3-4-12-11(18)8-14(19)20-12/h3-9H,1-2H3. The van der Waals surface area contributed by atoms with Crippen LogP contribution in [0.4, 0.5) is 0 Å². The second kappa shape index (κ2) is 4.95. The van der Waals surface area contributed by atoms with E-state index in [0.717, 1.165) is 15.1 Å². The number of aromatic nitrogens is 2. The van der Waals surface area contributed by atoms with Gasteiger partial charge in [-0.2, -0.15) is 0 Å². The van der Waals surface area contributed by atoms with Gasteiger partial charge in [0.05, 0.1) is 19.9 Å². The number of fused-ring (bicyclic) bond motifs is 1. The maximum atomic E-state index is 5.88. The van der Waals surface area contributed by atoms with Gasteiger partial charge in [0.2, 0.25) is 0 Å². The molecule has 1 aromatic rings. The largest absolute Gasteiger partial charge is 0.337 e. The molecule has 0 aromatic carbocycles. The number of thiophene rings is 1. The molecule has 0 spiro atoms. The van der Waals surface area contributed by atoms with E-state index in [2.05, 4.69) is 47.8 Å². The smallest absolute Gasteiger partial charge is 0.129 e. The van der Waals surface area contributed by atoms with E-state index in [1.54, 1.807) is 11.3 Å². The van der Waals surface area contributed by atoms with Gasteiger partial charge in [-0.15, -0.1) is 11.3 Å². The lowest BCUT2D eigenvalue weighted by Crippen LogP contribution is -2.28. The fourth-order valence-corrected chi connectivity index (χ4v) is 3.63. The van der Waals surface area contributed by atoms with E-state index in [1.807, 2.05) is 18.3 Å². The summed E-state index contributed by atoms with van der Waals surface area (Å²) < 4.78 is 3.14. The summed E-state index contributed by atoms with van der Waals surface area (Å²) in [5.74, 6) is 0. The third-order valence-electron chi connectivity index (χ3n) is 3.50. The fraction of sp³-hybridized carbons (Fsp3) is 0.200. The second-order valence-corrected chi connectivity index (χ2v) is 7.29. The Balaban J connectivity index is 2.18. The van der Waals surface area contributed by atoms with E-state index in [-0.39, 0.29) is 5.54 Å². The topological polar surface area (TPSA) is 17.8 Å². The molecule has 3 rings (SSSR count). The third kappa shape index (κ3) is 2.28. The first kappa shape index (κ1) is 13.7. The number of hydrogen-bond acceptors (Lipinski definition) is 3. The maximum Gasteiger partial charge on any atom is 0.129 e. The van der Waals surface area contributed by atoms with Crippen LogP contribution in [0.3, 0.4) is 0 Å². The fourth-order valence-electron chi connectivity index (χ4n) is 2.34. The molecule has 0 N–H and O–H groups in total. The molecule has 0 amide bonds. The molecule has 102 valence electrons. The van der Waals surface area contributed by atoms with Crippen molar-refractivity contribution in [3.05, 3.63) is 57.3 Å². The van der Waals surface area contributed by atoms with Crippen LogP contribution in [0.1, 0.15) is 19.4 Å². The van der Waals surface area contributed by atoms with Crippen LogP contribution >= 0.6 is 35.2 Å². The summed E-state index contributed by atoms with van der Waals surface area (Å²) in [6.45, 7) is 4.33. The molecule has 0 fully saturated rings. The molecule has 5 heteroatoms. The zero-order valence-corrected chi connectivity index (χ0v) is 13.5. The number of halogens is 1. The Labute approximate surface area is 132 Å². The van der Waals surface area contributed by atoms with E-state index in [4.69, 9.17) is 23.8 Å². The summed E-state index contributed by atoms with van der Waals surface area (Å²) in [6, 6.07) is 10.1. The van der Waals surface area contributed by atoms with Crippen molar-refractivity contribution in [2.45, 2.75) is 19.4 Å². The summed E-state index contributed by atoms with van der Waals surface area (Å²) in [5.41, 5.74) is 2.04. The summed E-state index contributed by atoms with van der Waals surface area (Å²) in [4.78, 5) is 5.39. The zero-order valence-electron chi connectivity index (χ0n) is 11.1. The second-order valence-electron chi connectivity index (χ2n) is 5.12. The van der Waals surface area contributed by atoms with Crippen LogP contribution in [-0.2, 0) is 5.54 Å². The van der Waals surface area contributed by atoms with Crippen molar-refractivity contribution in [1.29, 1.82) is 0 Å². The minimum atomic E-state index is -0.222. The van der Waals surface area contributed by atoms with E-state index in [1.165, 1.54) is 4.88 Å². The molecule has 3 heterocycles. The van der Waals surface area contributed by atoms with Gasteiger partial charge in [-0.1, -0.05) is 29.9 Å². The van der Waals surface area contributed by atoms with E-state index >= 15 is 0 Å². The molecule has 2 aliphatic rings. The van der Waals surface area contributed by atoms with Gasteiger partial charge in [-0.3, -0.25) is 0 Å². The Kier molecular flexibility index (Phi) is 3.40. The Hall–Kier alpha value is -1.23. The van der Waals surface area contributed by atoms with Gasteiger partial charge in [-0.05, 0) is 43.7 Å². The SMILES string of the molecule is CC(C)(c1ccc(Cl)nc1)n1cccc2sc(=S)cc1-2. The molecular weight excluding hydrogens is 308 g/mol. The number of hydrogen-bond donors (Lipinski definition) is 0. The Morgan fingerprint density at radius 3 is 2.80 bits per heavy atom. The molecule has 20 heavy (non-hydrogen) atoms. The lowest BCUT2D eigenvalue weighted by molar-refractivity contribution is 0.437. The zero-order chi connectivity index (χ0) is 14.3. The van der Waals surface area contributed by atoms with Gasteiger partial charge < -0.3 is 4.57 Å². The molecule has 0 saturated carbocycles. The predicted octanol–water partition coefficient (Wildman–Crippen LogP) is 5.22. The monoisotopic (exact) mass is 320 g/mol. The van der Waals surface area contributed by atoms with Crippen LogP contribution < -0.4 is 0 Å². The van der Waals surface area contributed by atoms with Crippen molar-refractivity contribution in [2.75, 3.05) is 0 Å². The maximum absolute atomic E-state index is 5.88. The summed E-state index contributed by atoms with van der Waals surface area (Å²) in [6.07, 6.45) is 3.91. The predicted molar refractivity (Wildman–Crippen MR) is 87.4 cm³/mol. The number of pyridine rings is 2. The van der Waals surface area contributed by atoms with Crippen molar-refractivity contribution in [1.82, 2.24) is 9.55 Å². The van der Waals surface area contributed by atoms with Crippen molar-refractivity contribution in [3.63, 3.8) is 0 Å². The van der Waals surface area contributed by atoms with Crippen molar-refractivity contribution < 1.29 is 0 Å². The molecule has 1 aromatic heterocycles. The molecule has 2 nitrogen and oxygen atoms in total. The average molecular weight is 321 g/mol. The van der Waals surface area contributed by atoms with Crippen LogP contribution in [0.5, 0.6) is 0 Å². The normalized spacial score (nSPS) is 11.9. The number of rotatable bonds is 2. The summed E-state index contributed by atoms with van der Waals surface area (Å²) in [7, 11) is 0. The molecule has 0 atom stereocenters. The third-order valence-corrected chi connectivity index (χ3v) is 4.97. The van der Waals surface area contributed by atoms with E-state index < -0.39 is 0 Å². The molecule has 0 unspecified atom stereocenters. The molecule has 0 saturated heterocycles. The minimum Gasteiger partial charge on any atom is -0.337 e. The van der Waals surface area contributed by atoms with Gasteiger partial charge in [-0.25, -0.2) is 4.98 Å². The summed E-state index contributed by atoms with van der Waals surface area (Å²) >= 11 is 12.8. The quantitative estimate of drug-likeness (QED) is 0.476. The first-order chi connectivity index (χ1) is 9.48. The molecular formula is C15H13ClN2S2. The van der Waals surface area contributed by atoms with Crippen molar-refractivity contribution in [2.24, 2.45) is 0 Å². The average Bonchev–Trinajstić information content (AvgIpc) is 2.78.